The lowest BCUT2D eigenvalue weighted by Crippen LogP contribution is -2.01. The van der Waals surface area contributed by atoms with E-state index in [2.05, 4.69) is 0 Å². The molecule has 0 bridgehead atoms. The molecule has 1 rings (SSSR count). The van der Waals surface area contributed by atoms with Gasteiger partial charge in [0.25, 0.3) is 0 Å². The Labute approximate surface area is 80.2 Å². The summed E-state index contributed by atoms with van der Waals surface area (Å²) in [5.41, 5.74) is -0.287. The van der Waals surface area contributed by atoms with Gasteiger partial charge in [-0.1, -0.05) is 13.8 Å². The second-order valence-corrected chi connectivity index (χ2v) is 3.23. The highest BCUT2D eigenvalue weighted by molar-refractivity contribution is 5.38. The first-order chi connectivity index (χ1) is 6.49. The van der Waals surface area contributed by atoms with Crippen LogP contribution in [0.15, 0.2) is 6.07 Å². The van der Waals surface area contributed by atoms with Crippen LogP contribution in [0.4, 0.5) is 13.2 Å². The number of halogens is 3. The second-order valence-electron chi connectivity index (χ2n) is 3.23. The van der Waals surface area contributed by atoms with Crippen LogP contribution in [0.5, 0.6) is 5.75 Å². The van der Waals surface area contributed by atoms with Crippen molar-refractivity contribution >= 4 is 0 Å². The summed E-state index contributed by atoms with van der Waals surface area (Å²) in [6.07, 6.45) is 0.493. The van der Waals surface area contributed by atoms with Gasteiger partial charge in [-0.2, -0.15) is 0 Å². The molecule has 1 N–H and O–H groups in total. The summed E-state index contributed by atoms with van der Waals surface area (Å²) < 4.78 is 38.8. The van der Waals surface area contributed by atoms with Crippen LogP contribution in [0.2, 0.25) is 0 Å². The van der Waals surface area contributed by atoms with E-state index in [0.29, 0.717) is 12.5 Å². The highest BCUT2D eigenvalue weighted by atomic mass is 19.2. The fourth-order valence-electron chi connectivity index (χ4n) is 1.26. The van der Waals surface area contributed by atoms with Crippen LogP contribution in [-0.4, -0.2) is 5.11 Å². The third kappa shape index (κ3) is 1.69. The van der Waals surface area contributed by atoms with Gasteiger partial charge in [0.1, 0.15) is 0 Å². The average Bonchev–Trinajstić information content (AvgIpc) is 2.15. The molecule has 0 fully saturated rings. The van der Waals surface area contributed by atoms with Gasteiger partial charge in [0.15, 0.2) is 23.2 Å². The zero-order valence-electron chi connectivity index (χ0n) is 7.94. The van der Waals surface area contributed by atoms with Crippen molar-refractivity contribution in [2.75, 3.05) is 0 Å². The maximum Gasteiger partial charge on any atom is 0.168 e. The maximum atomic E-state index is 13.2. The topological polar surface area (TPSA) is 20.2 Å². The Kier molecular flexibility index (Phi) is 3.03. The molecular weight excluding hydrogens is 193 g/mol. The molecule has 1 aromatic carbocycles. The van der Waals surface area contributed by atoms with Crippen molar-refractivity contribution in [2.45, 2.75) is 26.2 Å². The van der Waals surface area contributed by atoms with Crippen LogP contribution in [0.25, 0.3) is 0 Å². The fraction of sp³-hybridized carbons (Fsp3) is 0.400. The smallest absolute Gasteiger partial charge is 0.168 e. The number of phenolic OH excluding ortho intramolecular Hbond substituents is 1. The van der Waals surface area contributed by atoms with Crippen LogP contribution in [0, 0.1) is 17.5 Å². The van der Waals surface area contributed by atoms with E-state index in [-0.39, 0.29) is 5.56 Å². The summed E-state index contributed by atoms with van der Waals surface area (Å²) >= 11 is 0. The van der Waals surface area contributed by atoms with Crippen molar-refractivity contribution in [1.29, 1.82) is 0 Å². The lowest BCUT2D eigenvalue weighted by atomic mass is 9.96. The van der Waals surface area contributed by atoms with Gasteiger partial charge in [-0.15, -0.1) is 0 Å². The lowest BCUT2D eigenvalue weighted by Gasteiger charge is -2.13. The van der Waals surface area contributed by atoms with Gasteiger partial charge in [0.2, 0.25) is 0 Å². The number of benzene rings is 1. The van der Waals surface area contributed by atoms with E-state index in [1.165, 1.54) is 0 Å². The molecule has 78 valence electrons. The van der Waals surface area contributed by atoms with Crippen molar-refractivity contribution in [3.05, 3.63) is 29.1 Å². The lowest BCUT2D eigenvalue weighted by molar-refractivity contribution is 0.395. The summed E-state index contributed by atoms with van der Waals surface area (Å²) in [6, 6.07) is 0.344. The van der Waals surface area contributed by atoms with Crippen molar-refractivity contribution in [2.24, 2.45) is 0 Å². The number of phenols is 1. The first kappa shape index (κ1) is 10.9. The normalized spacial score (nSPS) is 12.9. The minimum atomic E-state index is -1.27. The molecule has 0 aliphatic carbocycles. The molecule has 0 heterocycles. The van der Waals surface area contributed by atoms with Crippen LogP contribution in [0.3, 0.4) is 0 Å². The first-order valence-corrected chi connectivity index (χ1v) is 4.35. The van der Waals surface area contributed by atoms with Crippen LogP contribution >= 0.6 is 0 Å². The van der Waals surface area contributed by atoms with E-state index in [1.54, 1.807) is 13.8 Å². The Morgan fingerprint density at radius 1 is 1.29 bits per heavy atom. The Morgan fingerprint density at radius 3 is 2.36 bits per heavy atom. The maximum absolute atomic E-state index is 13.2. The van der Waals surface area contributed by atoms with Gasteiger partial charge in [-0.25, -0.2) is 13.2 Å². The van der Waals surface area contributed by atoms with Gasteiger partial charge < -0.3 is 5.11 Å². The van der Waals surface area contributed by atoms with E-state index >= 15 is 0 Å². The van der Waals surface area contributed by atoms with E-state index in [1.807, 2.05) is 0 Å². The molecule has 1 unspecified atom stereocenters. The molecule has 1 aromatic rings. The van der Waals surface area contributed by atoms with E-state index in [4.69, 9.17) is 0 Å². The fourth-order valence-corrected chi connectivity index (χ4v) is 1.26. The number of rotatable bonds is 2. The molecule has 0 radical (unpaired) electrons. The molecule has 4 heteroatoms. The van der Waals surface area contributed by atoms with Crippen molar-refractivity contribution in [3.63, 3.8) is 0 Å². The van der Waals surface area contributed by atoms with Crippen LogP contribution in [-0.2, 0) is 0 Å². The van der Waals surface area contributed by atoms with Gasteiger partial charge >= 0.3 is 0 Å². The molecule has 0 aromatic heterocycles. The minimum absolute atomic E-state index is 0.287. The summed E-state index contributed by atoms with van der Waals surface area (Å²) in [5.74, 6) is -4.77. The monoisotopic (exact) mass is 204 g/mol. The summed E-state index contributed by atoms with van der Waals surface area (Å²) in [6.45, 7) is 3.34. The molecule has 0 aliphatic heterocycles. The molecular formula is C10H11F3O. The quantitative estimate of drug-likeness (QED) is 0.732. The SMILES string of the molecule is CCC(C)c1c(O)c(F)cc(F)c1F. The summed E-state index contributed by atoms with van der Waals surface area (Å²) in [7, 11) is 0. The molecule has 1 atom stereocenters. The summed E-state index contributed by atoms with van der Waals surface area (Å²) in [4.78, 5) is 0. The number of hydrogen-bond acceptors (Lipinski definition) is 1. The predicted molar refractivity (Wildman–Crippen MR) is 46.7 cm³/mol. The largest absolute Gasteiger partial charge is 0.505 e. The highest BCUT2D eigenvalue weighted by Crippen LogP contribution is 2.33. The molecule has 0 saturated heterocycles. The Balaban J connectivity index is 3.39. The first-order valence-electron chi connectivity index (χ1n) is 4.35. The van der Waals surface area contributed by atoms with Gasteiger partial charge in [0, 0.05) is 11.6 Å². The third-order valence-electron chi connectivity index (χ3n) is 2.29. The zero-order valence-corrected chi connectivity index (χ0v) is 7.94. The van der Waals surface area contributed by atoms with Crippen LogP contribution < -0.4 is 0 Å². The summed E-state index contributed by atoms with van der Waals surface area (Å²) in [5, 5.41) is 9.22. The third-order valence-corrected chi connectivity index (χ3v) is 2.29. The highest BCUT2D eigenvalue weighted by Gasteiger charge is 2.21. The molecule has 1 nitrogen and oxygen atoms in total. The minimum Gasteiger partial charge on any atom is -0.505 e. The molecule has 0 aliphatic rings. The average molecular weight is 204 g/mol. The van der Waals surface area contributed by atoms with E-state index in [9.17, 15) is 18.3 Å². The second kappa shape index (κ2) is 3.90. The van der Waals surface area contributed by atoms with Gasteiger partial charge in [-0.3, -0.25) is 0 Å². The number of hydrogen-bond donors (Lipinski definition) is 1. The Bertz CT molecular complexity index is 323. The Hall–Kier alpha value is -1.19. The van der Waals surface area contributed by atoms with Gasteiger partial charge in [-0.05, 0) is 12.3 Å². The molecule has 0 saturated carbocycles. The molecule has 0 spiro atoms. The molecule has 0 amide bonds. The van der Waals surface area contributed by atoms with Crippen LogP contribution in [0.1, 0.15) is 31.7 Å². The number of aromatic hydroxyl groups is 1. The van der Waals surface area contributed by atoms with Gasteiger partial charge in [0.05, 0.1) is 0 Å². The van der Waals surface area contributed by atoms with E-state index in [0.717, 1.165) is 0 Å². The van der Waals surface area contributed by atoms with Crippen molar-refractivity contribution in [3.8, 4) is 5.75 Å². The van der Waals surface area contributed by atoms with E-state index < -0.39 is 29.1 Å². The zero-order chi connectivity index (χ0) is 10.9. The Morgan fingerprint density at radius 2 is 1.86 bits per heavy atom. The van der Waals surface area contributed by atoms with Crippen molar-refractivity contribution < 1.29 is 18.3 Å². The predicted octanol–water partition coefficient (Wildman–Crippen LogP) is 3.32. The molecule has 14 heavy (non-hydrogen) atoms. The van der Waals surface area contributed by atoms with Crippen molar-refractivity contribution in [1.82, 2.24) is 0 Å². The standard InChI is InChI=1S/C10H11F3O/c1-3-5(2)8-9(13)6(11)4-7(12)10(8)14/h4-5,14H,3H2,1-2H3.